The molecule has 0 aromatic heterocycles. The third kappa shape index (κ3) is 4.82. The van der Waals surface area contributed by atoms with E-state index >= 15 is 0 Å². The van der Waals surface area contributed by atoms with Gasteiger partial charge in [-0.15, -0.1) is 0 Å². The van der Waals surface area contributed by atoms with Crippen molar-refractivity contribution in [2.24, 2.45) is 5.73 Å². The number of likely N-dealkylation sites (tertiary alicyclic amines) is 1. The van der Waals surface area contributed by atoms with Crippen LogP contribution in [0.1, 0.15) is 50.2 Å². The summed E-state index contributed by atoms with van der Waals surface area (Å²) in [5, 5.41) is 3.46. The molecule has 1 heterocycles. The van der Waals surface area contributed by atoms with Gasteiger partial charge in [-0.25, -0.2) is 0 Å². The lowest BCUT2D eigenvalue weighted by molar-refractivity contribution is -0.132. The summed E-state index contributed by atoms with van der Waals surface area (Å²) in [7, 11) is 0. The van der Waals surface area contributed by atoms with Crippen LogP contribution in [0.5, 0.6) is 0 Å². The molecular formula is C18H29N3O. The first-order valence-corrected chi connectivity index (χ1v) is 8.40. The molecule has 1 aromatic rings. The second-order valence-corrected chi connectivity index (χ2v) is 6.47. The largest absolute Gasteiger partial charge is 0.343 e. The molecule has 1 aliphatic rings. The first-order valence-electron chi connectivity index (χ1n) is 8.40. The van der Waals surface area contributed by atoms with Gasteiger partial charge in [0, 0.05) is 38.6 Å². The highest BCUT2D eigenvalue weighted by atomic mass is 16.2. The molecule has 1 fully saturated rings. The van der Waals surface area contributed by atoms with Crippen molar-refractivity contribution in [1.82, 2.24) is 10.2 Å². The first-order chi connectivity index (χ1) is 10.6. The van der Waals surface area contributed by atoms with Crippen molar-refractivity contribution in [3.63, 3.8) is 0 Å². The van der Waals surface area contributed by atoms with E-state index in [0.29, 0.717) is 24.9 Å². The Morgan fingerprint density at radius 2 is 2.09 bits per heavy atom. The van der Waals surface area contributed by atoms with Gasteiger partial charge in [-0.1, -0.05) is 38.1 Å². The Morgan fingerprint density at radius 1 is 1.36 bits per heavy atom. The van der Waals surface area contributed by atoms with Crippen molar-refractivity contribution in [2.75, 3.05) is 19.6 Å². The van der Waals surface area contributed by atoms with Crippen molar-refractivity contribution in [3.05, 3.63) is 35.4 Å². The Bertz CT molecular complexity index is 479. The molecule has 2 rings (SSSR count). The molecule has 122 valence electrons. The van der Waals surface area contributed by atoms with E-state index in [1.165, 1.54) is 11.1 Å². The zero-order valence-electron chi connectivity index (χ0n) is 13.8. The van der Waals surface area contributed by atoms with Gasteiger partial charge in [0.1, 0.15) is 0 Å². The lowest BCUT2D eigenvalue weighted by atomic mass is 9.88. The standard InChI is InChI=1S/C18H29N3O/c1-14(2)20-13-15-4-3-5-17(12-15)16-7-10-21(11-8-16)18(22)6-9-19/h3-5,12,14,16,20H,6-11,13,19H2,1-2H3. The molecule has 1 aromatic carbocycles. The van der Waals surface area contributed by atoms with E-state index in [1.807, 2.05) is 4.90 Å². The van der Waals surface area contributed by atoms with Crippen LogP contribution in [-0.2, 0) is 11.3 Å². The highest BCUT2D eigenvalue weighted by Crippen LogP contribution is 2.28. The molecule has 0 atom stereocenters. The average Bonchev–Trinajstić information content (AvgIpc) is 2.53. The van der Waals surface area contributed by atoms with Crippen LogP contribution >= 0.6 is 0 Å². The smallest absolute Gasteiger partial charge is 0.223 e. The fraction of sp³-hybridized carbons (Fsp3) is 0.611. The Morgan fingerprint density at radius 3 is 2.73 bits per heavy atom. The lowest BCUT2D eigenvalue weighted by Gasteiger charge is -2.32. The summed E-state index contributed by atoms with van der Waals surface area (Å²) >= 11 is 0. The van der Waals surface area contributed by atoms with Crippen LogP contribution in [0.15, 0.2) is 24.3 Å². The van der Waals surface area contributed by atoms with Crippen molar-refractivity contribution < 1.29 is 4.79 Å². The minimum Gasteiger partial charge on any atom is -0.343 e. The molecule has 22 heavy (non-hydrogen) atoms. The summed E-state index contributed by atoms with van der Waals surface area (Å²) in [5.41, 5.74) is 8.22. The highest BCUT2D eigenvalue weighted by Gasteiger charge is 2.23. The minimum atomic E-state index is 0.204. The van der Waals surface area contributed by atoms with Crippen molar-refractivity contribution >= 4 is 5.91 Å². The minimum absolute atomic E-state index is 0.204. The van der Waals surface area contributed by atoms with E-state index < -0.39 is 0 Å². The first kappa shape index (κ1) is 17.0. The van der Waals surface area contributed by atoms with E-state index in [2.05, 4.69) is 43.4 Å². The van der Waals surface area contributed by atoms with Crippen LogP contribution < -0.4 is 11.1 Å². The number of hydrogen-bond acceptors (Lipinski definition) is 3. The van der Waals surface area contributed by atoms with Crippen LogP contribution in [0.25, 0.3) is 0 Å². The molecule has 1 saturated heterocycles. The van der Waals surface area contributed by atoms with Gasteiger partial charge in [0.05, 0.1) is 0 Å². The number of carbonyl (C=O) groups excluding carboxylic acids is 1. The van der Waals surface area contributed by atoms with Gasteiger partial charge < -0.3 is 16.0 Å². The Hall–Kier alpha value is -1.39. The summed E-state index contributed by atoms with van der Waals surface area (Å²) < 4.78 is 0. The van der Waals surface area contributed by atoms with Crippen molar-refractivity contribution in [2.45, 2.75) is 51.6 Å². The van der Waals surface area contributed by atoms with E-state index in [0.717, 1.165) is 32.5 Å². The van der Waals surface area contributed by atoms with Crippen molar-refractivity contribution in [3.8, 4) is 0 Å². The maximum Gasteiger partial charge on any atom is 0.223 e. The van der Waals surface area contributed by atoms with Gasteiger partial charge in [-0.3, -0.25) is 4.79 Å². The second kappa shape index (κ2) is 8.30. The zero-order valence-corrected chi connectivity index (χ0v) is 13.8. The molecule has 0 unspecified atom stereocenters. The number of amides is 1. The highest BCUT2D eigenvalue weighted by molar-refractivity contribution is 5.76. The molecule has 1 aliphatic heterocycles. The maximum atomic E-state index is 11.9. The Kier molecular flexibility index (Phi) is 6.40. The van der Waals surface area contributed by atoms with Crippen molar-refractivity contribution in [1.29, 1.82) is 0 Å². The molecule has 3 N–H and O–H groups in total. The van der Waals surface area contributed by atoms with Gasteiger partial charge >= 0.3 is 0 Å². The van der Waals surface area contributed by atoms with E-state index in [-0.39, 0.29) is 5.91 Å². The van der Waals surface area contributed by atoms with E-state index in [4.69, 9.17) is 5.73 Å². The van der Waals surface area contributed by atoms with Crippen LogP contribution in [0, 0.1) is 0 Å². The van der Waals surface area contributed by atoms with Gasteiger partial charge in [0.25, 0.3) is 0 Å². The second-order valence-electron chi connectivity index (χ2n) is 6.47. The fourth-order valence-corrected chi connectivity index (χ4v) is 3.02. The van der Waals surface area contributed by atoms with Crippen LogP contribution in [0.4, 0.5) is 0 Å². The fourth-order valence-electron chi connectivity index (χ4n) is 3.02. The Balaban J connectivity index is 1.91. The Labute approximate surface area is 134 Å². The number of nitrogens with one attached hydrogen (secondary N) is 1. The molecule has 1 amide bonds. The van der Waals surface area contributed by atoms with Gasteiger partial charge in [0.2, 0.25) is 5.91 Å². The molecular weight excluding hydrogens is 274 g/mol. The van der Waals surface area contributed by atoms with Crippen LogP contribution in [0.2, 0.25) is 0 Å². The summed E-state index contributed by atoms with van der Waals surface area (Å²) in [6, 6.07) is 9.37. The number of benzene rings is 1. The average molecular weight is 303 g/mol. The summed E-state index contributed by atoms with van der Waals surface area (Å²) in [6.45, 7) is 7.41. The quantitative estimate of drug-likeness (QED) is 0.847. The molecule has 4 heteroatoms. The number of hydrogen-bond donors (Lipinski definition) is 2. The molecule has 0 bridgehead atoms. The predicted molar refractivity (Wildman–Crippen MR) is 90.6 cm³/mol. The predicted octanol–water partition coefficient (Wildman–Crippen LogP) is 2.24. The number of nitrogens with two attached hydrogens (primary N) is 1. The number of piperidine rings is 1. The van der Waals surface area contributed by atoms with Crippen LogP contribution in [-0.4, -0.2) is 36.5 Å². The topological polar surface area (TPSA) is 58.4 Å². The molecule has 4 nitrogen and oxygen atoms in total. The molecule has 0 radical (unpaired) electrons. The van der Waals surface area contributed by atoms with Crippen LogP contribution in [0.3, 0.4) is 0 Å². The summed E-state index contributed by atoms with van der Waals surface area (Å²) in [5.74, 6) is 0.775. The SMILES string of the molecule is CC(C)NCc1cccc(C2CCN(C(=O)CCN)CC2)c1. The number of nitrogens with zero attached hydrogens (tertiary/aromatic N) is 1. The van der Waals surface area contributed by atoms with Gasteiger partial charge in [-0.05, 0) is 29.9 Å². The molecule has 0 saturated carbocycles. The third-order valence-corrected chi connectivity index (χ3v) is 4.34. The summed E-state index contributed by atoms with van der Waals surface area (Å²) in [6.07, 6.45) is 2.58. The zero-order chi connectivity index (χ0) is 15.9. The number of carbonyl (C=O) groups is 1. The molecule has 0 spiro atoms. The van der Waals surface area contributed by atoms with Gasteiger partial charge in [0.15, 0.2) is 0 Å². The van der Waals surface area contributed by atoms with E-state index in [1.54, 1.807) is 0 Å². The lowest BCUT2D eigenvalue weighted by Crippen LogP contribution is -2.38. The van der Waals surface area contributed by atoms with E-state index in [9.17, 15) is 4.79 Å². The monoisotopic (exact) mass is 303 g/mol. The molecule has 0 aliphatic carbocycles. The van der Waals surface area contributed by atoms with Gasteiger partial charge in [-0.2, -0.15) is 0 Å². The summed E-state index contributed by atoms with van der Waals surface area (Å²) in [4.78, 5) is 13.8. The number of rotatable bonds is 6. The maximum absolute atomic E-state index is 11.9. The third-order valence-electron chi connectivity index (χ3n) is 4.34. The normalized spacial score (nSPS) is 16.3.